The monoisotopic (exact) mass is 223 g/mol. The van der Waals surface area contributed by atoms with Crippen molar-refractivity contribution >= 4 is 17.6 Å². The lowest BCUT2D eigenvalue weighted by Crippen LogP contribution is -2.10. The molecule has 86 valence electrons. The summed E-state index contributed by atoms with van der Waals surface area (Å²) in [4.78, 5) is 10.8. The Hall–Kier alpha value is -0.280. The van der Waals surface area contributed by atoms with Crippen LogP contribution < -0.4 is 5.73 Å². The van der Waals surface area contributed by atoms with Crippen LogP contribution in [0, 0.1) is 5.92 Å². The lowest BCUT2D eigenvalue weighted by atomic mass is 9.97. The number of halogens is 1. The molecule has 0 saturated heterocycles. The van der Waals surface area contributed by atoms with Crippen molar-refractivity contribution < 1.29 is 9.53 Å². The van der Waals surface area contributed by atoms with Crippen LogP contribution in [-0.2, 0) is 9.53 Å². The summed E-state index contributed by atoms with van der Waals surface area (Å²) in [6.07, 6.45) is 5.00. The van der Waals surface area contributed by atoms with E-state index in [1.807, 2.05) is 0 Å². The lowest BCUT2D eigenvalue weighted by molar-refractivity contribution is -0.140. The fourth-order valence-electron chi connectivity index (χ4n) is 1.21. The summed E-state index contributed by atoms with van der Waals surface area (Å²) in [7, 11) is 1.42. The van der Waals surface area contributed by atoms with E-state index in [0.717, 1.165) is 19.3 Å². The van der Waals surface area contributed by atoms with Crippen molar-refractivity contribution in [1.29, 1.82) is 0 Å². The van der Waals surface area contributed by atoms with E-state index >= 15 is 0 Å². The highest BCUT2D eigenvalue weighted by molar-refractivity contribution is 6.15. The highest BCUT2D eigenvalue weighted by Gasteiger charge is 2.08. The molecule has 14 heavy (non-hydrogen) atoms. The van der Waals surface area contributed by atoms with Crippen molar-refractivity contribution in [2.24, 2.45) is 11.7 Å². The molecule has 0 amide bonds. The van der Waals surface area contributed by atoms with Crippen LogP contribution in [0.1, 0.15) is 32.6 Å². The lowest BCUT2D eigenvalue weighted by Gasteiger charge is -2.11. The summed E-state index contributed by atoms with van der Waals surface area (Å²) in [5.41, 5.74) is 5.43. The molecule has 0 bridgehead atoms. The molecule has 0 heterocycles. The van der Waals surface area contributed by atoms with Crippen LogP contribution in [-0.4, -0.2) is 26.0 Å². The van der Waals surface area contributed by atoms with E-state index in [1.165, 1.54) is 13.5 Å². The van der Waals surface area contributed by atoms with Crippen LogP contribution in [0.15, 0.2) is 0 Å². The second-order valence-corrected chi connectivity index (χ2v) is 2.97. The number of carbonyl (C=O) groups is 1. The Balaban J connectivity index is 0. The minimum atomic E-state index is -0.120. The maximum absolute atomic E-state index is 10.8. The number of nitrogens with two attached hydrogens (primary N) is 1. The van der Waals surface area contributed by atoms with Crippen LogP contribution in [0.25, 0.3) is 0 Å². The summed E-state index contributed by atoms with van der Waals surface area (Å²) in [5.74, 6) is 0.458. The molecule has 3 nitrogen and oxygen atoms in total. The van der Waals surface area contributed by atoms with Gasteiger partial charge in [0.05, 0.1) is 7.11 Å². The third-order valence-corrected chi connectivity index (χ3v) is 2.14. The minimum absolute atomic E-state index is 0.120. The van der Waals surface area contributed by atoms with Crippen molar-refractivity contribution in [3.8, 4) is 0 Å². The van der Waals surface area contributed by atoms with Gasteiger partial charge in [0.2, 0.25) is 0 Å². The van der Waals surface area contributed by atoms with Gasteiger partial charge in [0.25, 0.3) is 0 Å². The molecule has 1 unspecified atom stereocenters. The predicted octanol–water partition coefficient (Wildman–Crippen LogP) is 2.17. The minimum Gasteiger partial charge on any atom is -0.469 e. The first-order chi connectivity index (χ1) is 6.74. The van der Waals surface area contributed by atoms with Gasteiger partial charge in [-0.1, -0.05) is 13.3 Å². The number of rotatable bonds is 6. The van der Waals surface area contributed by atoms with Crippen molar-refractivity contribution in [2.45, 2.75) is 32.6 Å². The van der Waals surface area contributed by atoms with E-state index in [1.54, 1.807) is 0 Å². The van der Waals surface area contributed by atoms with Crippen LogP contribution in [0.4, 0.5) is 0 Å². The van der Waals surface area contributed by atoms with Crippen LogP contribution in [0.5, 0.6) is 0 Å². The van der Waals surface area contributed by atoms with Gasteiger partial charge in [0.15, 0.2) is 0 Å². The van der Waals surface area contributed by atoms with Gasteiger partial charge >= 0.3 is 5.97 Å². The van der Waals surface area contributed by atoms with E-state index in [9.17, 15) is 4.79 Å². The first-order valence-electron chi connectivity index (χ1n) is 4.89. The summed E-state index contributed by atoms with van der Waals surface area (Å²) in [5, 5.41) is 0. The fourth-order valence-corrected chi connectivity index (χ4v) is 1.21. The molecule has 0 aliphatic heterocycles. The quantitative estimate of drug-likeness (QED) is 0.555. The van der Waals surface area contributed by atoms with Gasteiger partial charge in [-0.15, -0.1) is 11.6 Å². The van der Waals surface area contributed by atoms with Crippen molar-refractivity contribution in [1.82, 2.24) is 0 Å². The number of alkyl halides is 1. The number of hydrogen-bond donors (Lipinski definition) is 1. The van der Waals surface area contributed by atoms with Crippen LogP contribution in [0.2, 0.25) is 0 Å². The van der Waals surface area contributed by atoms with Gasteiger partial charge in [-0.3, -0.25) is 4.79 Å². The summed E-state index contributed by atoms with van der Waals surface area (Å²) < 4.78 is 4.55. The Morgan fingerprint density at radius 3 is 2.36 bits per heavy atom. The molecular formula is C10H22ClNO2. The fraction of sp³-hybridized carbons (Fsp3) is 0.900. The third kappa shape index (κ3) is 9.81. The highest BCUT2D eigenvalue weighted by atomic mass is 35.5. The summed E-state index contributed by atoms with van der Waals surface area (Å²) in [6, 6.07) is 0. The molecule has 1 atom stereocenters. The molecule has 2 N–H and O–H groups in total. The third-order valence-electron chi connectivity index (χ3n) is 2.14. The summed E-state index contributed by atoms with van der Waals surface area (Å²) in [6.45, 7) is 2.83. The van der Waals surface area contributed by atoms with E-state index in [-0.39, 0.29) is 5.97 Å². The van der Waals surface area contributed by atoms with E-state index in [0.29, 0.717) is 18.9 Å². The molecule has 0 saturated carbocycles. The average Bonchev–Trinajstić information content (AvgIpc) is 2.26. The van der Waals surface area contributed by atoms with E-state index in [2.05, 4.69) is 23.3 Å². The van der Waals surface area contributed by atoms with Gasteiger partial charge in [-0.25, -0.2) is 0 Å². The Bertz CT molecular complexity index is 131. The molecule has 4 heteroatoms. The normalized spacial score (nSPS) is 11.2. The van der Waals surface area contributed by atoms with Crippen molar-refractivity contribution in [2.75, 3.05) is 20.0 Å². The number of hydrogen-bond acceptors (Lipinski definition) is 3. The molecule has 0 aromatic rings. The van der Waals surface area contributed by atoms with Crippen LogP contribution in [0.3, 0.4) is 0 Å². The van der Waals surface area contributed by atoms with Gasteiger partial charge in [0, 0.05) is 12.8 Å². The maximum atomic E-state index is 10.8. The first-order valence-corrected chi connectivity index (χ1v) is 5.64. The highest BCUT2D eigenvalue weighted by Crippen LogP contribution is 2.14. The molecular weight excluding hydrogens is 202 g/mol. The molecule has 0 spiro atoms. The molecule has 0 aliphatic carbocycles. The SMILES string of the molecule is CCC(CCN)CCC(=O)OC.CCl. The number of ether oxygens (including phenoxy) is 1. The second kappa shape index (κ2) is 12.7. The Kier molecular flexibility index (Phi) is 14.7. The topological polar surface area (TPSA) is 52.3 Å². The smallest absolute Gasteiger partial charge is 0.305 e. The van der Waals surface area contributed by atoms with Crippen molar-refractivity contribution in [3.63, 3.8) is 0 Å². The van der Waals surface area contributed by atoms with Gasteiger partial charge in [-0.2, -0.15) is 0 Å². The van der Waals surface area contributed by atoms with Gasteiger partial charge < -0.3 is 10.5 Å². The molecule has 0 aromatic heterocycles. The molecule has 0 aromatic carbocycles. The molecule has 0 fully saturated rings. The van der Waals surface area contributed by atoms with Crippen LogP contribution >= 0.6 is 11.6 Å². The zero-order valence-corrected chi connectivity index (χ0v) is 10.1. The number of esters is 1. The van der Waals surface area contributed by atoms with Gasteiger partial charge in [0.1, 0.15) is 0 Å². The Labute approximate surface area is 91.9 Å². The van der Waals surface area contributed by atoms with E-state index < -0.39 is 0 Å². The zero-order chi connectivity index (χ0) is 11.4. The average molecular weight is 224 g/mol. The molecule has 0 rings (SSSR count). The zero-order valence-electron chi connectivity index (χ0n) is 9.38. The van der Waals surface area contributed by atoms with Gasteiger partial charge in [-0.05, 0) is 25.3 Å². The predicted molar refractivity (Wildman–Crippen MR) is 60.5 cm³/mol. The standard InChI is InChI=1S/C9H19NO2.CH3Cl/c1-3-8(6-7-10)4-5-9(11)12-2;1-2/h8H,3-7,10H2,1-2H3;1H3. The largest absolute Gasteiger partial charge is 0.469 e. The number of carbonyl (C=O) groups excluding carboxylic acids is 1. The summed E-state index contributed by atoms with van der Waals surface area (Å²) >= 11 is 4.64. The first kappa shape index (κ1) is 16.2. The Morgan fingerprint density at radius 2 is 2.00 bits per heavy atom. The molecule has 0 radical (unpaired) electrons. The second-order valence-electron chi connectivity index (χ2n) is 2.97. The maximum Gasteiger partial charge on any atom is 0.305 e. The van der Waals surface area contributed by atoms with E-state index in [4.69, 9.17) is 5.73 Å². The van der Waals surface area contributed by atoms with Crippen molar-refractivity contribution in [3.05, 3.63) is 0 Å². The number of methoxy groups -OCH3 is 1. The Morgan fingerprint density at radius 1 is 1.43 bits per heavy atom. The molecule has 0 aliphatic rings.